The number of allylic oxidation sites excluding steroid dienone is 2. The van der Waals surface area contributed by atoms with Crippen LogP contribution in [-0.4, -0.2) is 11.1 Å². The number of carboxylic acid groups (broad SMARTS) is 1. The summed E-state index contributed by atoms with van der Waals surface area (Å²) in [6.45, 7) is 0. The minimum Gasteiger partial charge on any atom is -0.478 e. The maximum atomic E-state index is 11.3. The smallest absolute Gasteiger partial charge is 0.335 e. The van der Waals surface area contributed by atoms with Crippen LogP contribution in [0.3, 0.4) is 0 Å². The molecular formula is C19H16BrNO2. The lowest BCUT2D eigenvalue weighted by atomic mass is 9.76. The lowest BCUT2D eigenvalue weighted by Gasteiger charge is -2.37. The van der Waals surface area contributed by atoms with E-state index in [9.17, 15) is 9.90 Å². The van der Waals surface area contributed by atoms with Gasteiger partial charge in [-0.3, -0.25) is 0 Å². The number of carboxylic acids is 1. The molecule has 116 valence electrons. The van der Waals surface area contributed by atoms with Crippen LogP contribution in [0.5, 0.6) is 0 Å². The summed E-state index contributed by atoms with van der Waals surface area (Å²) < 4.78 is 1.08. The second-order valence-electron chi connectivity index (χ2n) is 6.14. The van der Waals surface area contributed by atoms with Crippen molar-refractivity contribution in [2.24, 2.45) is 5.92 Å². The molecule has 2 N–H and O–H groups in total. The Bertz CT molecular complexity index is 815. The highest BCUT2D eigenvalue weighted by Crippen LogP contribution is 2.50. The van der Waals surface area contributed by atoms with Crippen molar-refractivity contribution in [2.45, 2.75) is 18.4 Å². The Morgan fingerprint density at radius 3 is 2.87 bits per heavy atom. The summed E-state index contributed by atoms with van der Waals surface area (Å²) in [5, 5.41) is 12.9. The van der Waals surface area contributed by atoms with Gasteiger partial charge in [0, 0.05) is 16.1 Å². The van der Waals surface area contributed by atoms with Crippen LogP contribution in [0.1, 0.15) is 39.9 Å². The summed E-state index contributed by atoms with van der Waals surface area (Å²) in [4.78, 5) is 11.3. The van der Waals surface area contributed by atoms with Gasteiger partial charge < -0.3 is 10.4 Å². The molecular weight excluding hydrogens is 354 g/mol. The number of aromatic carboxylic acids is 1. The number of anilines is 1. The molecule has 0 aromatic heterocycles. The molecule has 3 nitrogen and oxygen atoms in total. The van der Waals surface area contributed by atoms with E-state index in [1.54, 1.807) is 6.07 Å². The second kappa shape index (κ2) is 5.53. The SMILES string of the molecule is O=C(O)c1ccc2c(c1)[C@@H]1C=CC[C@@H]1[C@@H](c1cccc(Br)c1)N2. The summed E-state index contributed by atoms with van der Waals surface area (Å²) in [5.41, 5.74) is 3.74. The van der Waals surface area contributed by atoms with Gasteiger partial charge in [0.2, 0.25) is 0 Å². The van der Waals surface area contributed by atoms with E-state index in [1.807, 2.05) is 18.2 Å². The molecule has 0 saturated heterocycles. The average molecular weight is 370 g/mol. The topological polar surface area (TPSA) is 49.3 Å². The minimum atomic E-state index is -0.875. The Balaban J connectivity index is 1.79. The molecule has 0 bridgehead atoms. The maximum Gasteiger partial charge on any atom is 0.335 e. The van der Waals surface area contributed by atoms with E-state index in [4.69, 9.17) is 0 Å². The number of rotatable bonds is 2. The Morgan fingerprint density at radius 2 is 2.09 bits per heavy atom. The van der Waals surface area contributed by atoms with Crippen molar-refractivity contribution in [2.75, 3.05) is 5.32 Å². The monoisotopic (exact) mass is 369 g/mol. The number of halogens is 1. The molecule has 2 aliphatic rings. The van der Waals surface area contributed by atoms with E-state index >= 15 is 0 Å². The predicted molar refractivity (Wildman–Crippen MR) is 93.9 cm³/mol. The molecule has 4 heteroatoms. The van der Waals surface area contributed by atoms with Crippen molar-refractivity contribution >= 4 is 27.6 Å². The van der Waals surface area contributed by atoms with E-state index in [0.29, 0.717) is 11.5 Å². The van der Waals surface area contributed by atoms with Crippen molar-refractivity contribution in [1.82, 2.24) is 0 Å². The molecule has 1 aliphatic carbocycles. The Morgan fingerprint density at radius 1 is 1.22 bits per heavy atom. The normalized spacial score (nSPS) is 24.7. The van der Waals surface area contributed by atoms with Gasteiger partial charge in [-0.2, -0.15) is 0 Å². The molecule has 4 rings (SSSR count). The van der Waals surface area contributed by atoms with E-state index in [1.165, 1.54) is 5.56 Å². The number of nitrogens with one attached hydrogen (secondary N) is 1. The van der Waals surface area contributed by atoms with Gasteiger partial charge in [-0.15, -0.1) is 0 Å². The van der Waals surface area contributed by atoms with Gasteiger partial charge in [-0.05, 0) is 53.8 Å². The number of carbonyl (C=O) groups is 1. The first-order chi connectivity index (χ1) is 11.1. The van der Waals surface area contributed by atoms with Crippen LogP contribution in [-0.2, 0) is 0 Å². The van der Waals surface area contributed by atoms with Gasteiger partial charge in [0.25, 0.3) is 0 Å². The van der Waals surface area contributed by atoms with Crippen molar-refractivity contribution < 1.29 is 9.90 Å². The molecule has 2 aromatic carbocycles. The molecule has 23 heavy (non-hydrogen) atoms. The highest BCUT2D eigenvalue weighted by atomic mass is 79.9. The number of hydrogen-bond acceptors (Lipinski definition) is 2. The lowest BCUT2D eigenvalue weighted by Crippen LogP contribution is -2.29. The summed E-state index contributed by atoms with van der Waals surface area (Å²) in [6.07, 6.45) is 5.44. The summed E-state index contributed by atoms with van der Waals surface area (Å²) in [7, 11) is 0. The molecule has 3 atom stereocenters. The number of fused-ring (bicyclic) bond motifs is 3. The molecule has 0 radical (unpaired) electrons. The average Bonchev–Trinajstić information content (AvgIpc) is 3.03. The number of benzene rings is 2. The van der Waals surface area contributed by atoms with Crippen molar-refractivity contribution in [3.05, 3.63) is 75.8 Å². The highest BCUT2D eigenvalue weighted by Gasteiger charge is 2.38. The maximum absolute atomic E-state index is 11.3. The van der Waals surface area contributed by atoms with Crippen LogP contribution >= 0.6 is 15.9 Å². The Hall–Kier alpha value is -2.07. The number of hydrogen-bond donors (Lipinski definition) is 2. The van der Waals surface area contributed by atoms with Crippen molar-refractivity contribution in [1.29, 1.82) is 0 Å². The van der Waals surface area contributed by atoms with Gasteiger partial charge >= 0.3 is 5.97 Å². The molecule has 0 unspecified atom stereocenters. The van der Waals surface area contributed by atoms with Gasteiger partial charge in [-0.25, -0.2) is 4.79 Å². The van der Waals surface area contributed by atoms with Crippen LogP contribution in [0.2, 0.25) is 0 Å². The van der Waals surface area contributed by atoms with Crippen molar-refractivity contribution in [3.63, 3.8) is 0 Å². The quantitative estimate of drug-likeness (QED) is 0.734. The molecule has 0 amide bonds. The zero-order valence-corrected chi connectivity index (χ0v) is 14.0. The first-order valence-electron chi connectivity index (χ1n) is 7.69. The minimum absolute atomic E-state index is 0.232. The predicted octanol–water partition coefficient (Wildman–Crippen LogP) is 4.97. The summed E-state index contributed by atoms with van der Waals surface area (Å²) in [5.74, 6) is -0.184. The van der Waals surface area contributed by atoms with Gasteiger partial charge in [-0.1, -0.05) is 40.2 Å². The molecule has 1 aliphatic heterocycles. The molecule has 1 heterocycles. The van der Waals surface area contributed by atoms with E-state index < -0.39 is 5.97 Å². The molecule has 0 fully saturated rings. The third-order valence-corrected chi connectivity index (χ3v) is 5.31. The second-order valence-corrected chi connectivity index (χ2v) is 7.05. The van der Waals surface area contributed by atoms with Gasteiger partial charge in [0.05, 0.1) is 11.6 Å². The first-order valence-corrected chi connectivity index (χ1v) is 8.48. The van der Waals surface area contributed by atoms with Crippen LogP contribution in [0.4, 0.5) is 5.69 Å². The zero-order chi connectivity index (χ0) is 16.0. The third kappa shape index (κ3) is 2.47. The van der Waals surface area contributed by atoms with Crippen LogP contribution in [0.25, 0.3) is 0 Å². The van der Waals surface area contributed by atoms with Crippen molar-refractivity contribution in [3.8, 4) is 0 Å². The molecule has 0 saturated carbocycles. The highest BCUT2D eigenvalue weighted by molar-refractivity contribution is 9.10. The largest absolute Gasteiger partial charge is 0.478 e. The fourth-order valence-corrected chi connectivity index (χ4v) is 4.17. The van der Waals surface area contributed by atoms with Crippen LogP contribution in [0, 0.1) is 5.92 Å². The standard InChI is InChI=1S/C19H16BrNO2/c20-13-4-1-3-11(9-13)18-15-6-2-5-14(15)16-10-12(19(22)23)7-8-17(16)21-18/h1-5,7-10,14-15,18,21H,6H2,(H,22,23)/t14-,15+,18-/m1/s1. The zero-order valence-electron chi connectivity index (χ0n) is 12.4. The van der Waals surface area contributed by atoms with E-state index in [0.717, 1.165) is 22.1 Å². The van der Waals surface area contributed by atoms with E-state index in [-0.39, 0.29) is 12.0 Å². The lowest BCUT2D eigenvalue weighted by molar-refractivity contribution is 0.0696. The van der Waals surface area contributed by atoms with Crippen LogP contribution < -0.4 is 5.32 Å². The fourth-order valence-electron chi connectivity index (χ4n) is 3.76. The Kier molecular flexibility index (Phi) is 3.49. The summed E-state index contributed by atoms with van der Waals surface area (Å²) in [6, 6.07) is 14.0. The Labute approximate surface area is 143 Å². The van der Waals surface area contributed by atoms with E-state index in [2.05, 4.69) is 51.6 Å². The van der Waals surface area contributed by atoms with Gasteiger partial charge in [0.15, 0.2) is 0 Å². The van der Waals surface area contributed by atoms with Gasteiger partial charge in [0.1, 0.15) is 0 Å². The molecule has 0 spiro atoms. The third-order valence-electron chi connectivity index (χ3n) is 4.82. The van der Waals surface area contributed by atoms with Crippen LogP contribution in [0.15, 0.2) is 59.1 Å². The first kappa shape index (κ1) is 14.5. The fraction of sp³-hybridized carbons (Fsp3) is 0.211. The summed E-state index contributed by atoms with van der Waals surface area (Å²) >= 11 is 3.55. The molecule has 2 aromatic rings.